The number of aromatic nitrogens is 2. The van der Waals surface area contributed by atoms with Crippen molar-refractivity contribution in [3.63, 3.8) is 0 Å². The molecule has 0 saturated carbocycles. The van der Waals surface area contributed by atoms with E-state index >= 15 is 0 Å². The molecule has 1 saturated heterocycles. The number of anilines is 1. The Morgan fingerprint density at radius 2 is 1.89 bits per heavy atom. The third kappa shape index (κ3) is 3.99. The maximum atomic E-state index is 13.7. The number of halogens is 2. The molecule has 0 unspecified atom stereocenters. The zero-order valence-corrected chi connectivity index (χ0v) is 15.3. The second-order valence-corrected chi connectivity index (χ2v) is 6.66. The molecule has 1 fully saturated rings. The number of carbonyl (C=O) groups excluding carboxylic acids is 1. The molecule has 0 aliphatic carbocycles. The lowest BCUT2D eigenvalue weighted by molar-refractivity contribution is -0.0102. The number of hydrogen-bond acceptors (Lipinski definition) is 5. The van der Waals surface area contributed by atoms with Crippen LogP contribution in [0.5, 0.6) is 5.75 Å². The number of benzene rings is 1. The Balaban J connectivity index is 2.01. The lowest BCUT2D eigenvalue weighted by Crippen LogP contribution is -2.30. The van der Waals surface area contributed by atoms with Gasteiger partial charge in [0.25, 0.3) is 5.91 Å². The average molecular weight is 376 g/mol. The van der Waals surface area contributed by atoms with Gasteiger partial charge < -0.3 is 15.4 Å². The summed E-state index contributed by atoms with van der Waals surface area (Å²) in [6.07, 6.45) is -0.149. The largest absolute Gasteiger partial charge is 0.497 e. The lowest BCUT2D eigenvalue weighted by atomic mass is 10.0. The van der Waals surface area contributed by atoms with Crippen molar-refractivity contribution in [2.24, 2.45) is 5.73 Å². The van der Waals surface area contributed by atoms with Crippen LogP contribution in [0.15, 0.2) is 24.3 Å². The predicted octanol–water partition coefficient (Wildman–Crippen LogP) is 3.19. The second-order valence-electron chi connectivity index (χ2n) is 6.66. The van der Waals surface area contributed by atoms with Gasteiger partial charge in [-0.3, -0.25) is 4.79 Å². The van der Waals surface area contributed by atoms with Gasteiger partial charge in [0.1, 0.15) is 5.75 Å². The maximum absolute atomic E-state index is 13.7. The molecule has 1 aliphatic heterocycles. The maximum Gasteiger partial charge on any atom is 0.252 e. The molecule has 8 heteroatoms. The fraction of sp³-hybridized carbons (Fsp3) is 0.421. The van der Waals surface area contributed by atoms with Crippen LogP contribution in [0.4, 0.5) is 14.6 Å². The Morgan fingerprint density at radius 3 is 2.52 bits per heavy atom. The van der Waals surface area contributed by atoms with E-state index < -0.39 is 11.8 Å². The van der Waals surface area contributed by atoms with Crippen molar-refractivity contribution in [1.82, 2.24) is 10.2 Å². The van der Waals surface area contributed by atoms with E-state index in [-0.39, 0.29) is 30.8 Å². The summed E-state index contributed by atoms with van der Waals surface area (Å²) in [7, 11) is 1.57. The summed E-state index contributed by atoms with van der Waals surface area (Å²) < 4.78 is 32.5. The van der Waals surface area contributed by atoms with Gasteiger partial charge in [-0.1, -0.05) is 0 Å². The first-order chi connectivity index (χ1) is 12.8. The predicted molar refractivity (Wildman–Crippen MR) is 98.3 cm³/mol. The van der Waals surface area contributed by atoms with E-state index in [0.29, 0.717) is 30.0 Å². The first kappa shape index (κ1) is 19.0. The van der Waals surface area contributed by atoms with Crippen LogP contribution >= 0.6 is 0 Å². The minimum atomic E-state index is -2.70. The summed E-state index contributed by atoms with van der Waals surface area (Å²) in [5, 5.41) is 8.45. The minimum absolute atomic E-state index is 0.100. The molecule has 2 heterocycles. The quantitative estimate of drug-likeness (QED) is 0.886. The highest BCUT2D eigenvalue weighted by atomic mass is 19.3. The summed E-state index contributed by atoms with van der Waals surface area (Å²) in [5.41, 5.74) is 7.69. The van der Waals surface area contributed by atoms with Crippen molar-refractivity contribution >= 4 is 11.7 Å². The highest BCUT2D eigenvalue weighted by molar-refractivity contribution is 6.00. The Labute approximate surface area is 156 Å². The van der Waals surface area contributed by atoms with Crippen molar-refractivity contribution in [3.05, 3.63) is 35.4 Å². The van der Waals surface area contributed by atoms with Gasteiger partial charge in [0, 0.05) is 31.5 Å². The molecule has 1 aliphatic rings. The number of carbonyl (C=O) groups is 1. The number of nitrogens with zero attached hydrogens (tertiary/aromatic N) is 3. The van der Waals surface area contributed by atoms with Gasteiger partial charge in [-0.15, -0.1) is 10.2 Å². The summed E-state index contributed by atoms with van der Waals surface area (Å²) in [6.45, 7) is 2.22. The van der Waals surface area contributed by atoms with Crippen LogP contribution < -0.4 is 15.4 Å². The Morgan fingerprint density at radius 1 is 1.19 bits per heavy atom. The van der Waals surface area contributed by atoms with Crippen LogP contribution in [0.25, 0.3) is 11.3 Å². The van der Waals surface area contributed by atoms with Gasteiger partial charge in [0.2, 0.25) is 5.92 Å². The van der Waals surface area contributed by atoms with Gasteiger partial charge >= 0.3 is 0 Å². The van der Waals surface area contributed by atoms with Crippen molar-refractivity contribution in [3.8, 4) is 17.0 Å². The van der Waals surface area contributed by atoms with Crippen molar-refractivity contribution in [2.45, 2.75) is 32.1 Å². The normalized spacial score (nSPS) is 16.7. The average Bonchev–Trinajstić information content (AvgIpc) is 2.82. The Hall–Kier alpha value is -2.77. The van der Waals surface area contributed by atoms with E-state index in [1.807, 2.05) is 12.1 Å². The monoisotopic (exact) mass is 376 g/mol. The fourth-order valence-corrected chi connectivity index (χ4v) is 3.32. The van der Waals surface area contributed by atoms with Crippen molar-refractivity contribution < 1.29 is 18.3 Å². The van der Waals surface area contributed by atoms with Gasteiger partial charge in [0.05, 0.1) is 18.4 Å². The Bertz CT molecular complexity index is 840. The first-order valence-corrected chi connectivity index (χ1v) is 8.76. The number of nitrogens with two attached hydrogens (primary N) is 1. The summed E-state index contributed by atoms with van der Waals surface area (Å²) in [5.74, 6) is -2.38. The van der Waals surface area contributed by atoms with E-state index in [9.17, 15) is 13.6 Å². The van der Waals surface area contributed by atoms with Gasteiger partial charge in [0.15, 0.2) is 5.82 Å². The zero-order valence-electron chi connectivity index (χ0n) is 15.3. The molecule has 2 N–H and O–H groups in total. The minimum Gasteiger partial charge on any atom is -0.497 e. The molecule has 1 aromatic heterocycles. The molecule has 0 atom stereocenters. The van der Waals surface area contributed by atoms with E-state index in [4.69, 9.17) is 10.5 Å². The van der Waals surface area contributed by atoms with Crippen LogP contribution in [0, 0.1) is 6.92 Å². The fourth-order valence-electron chi connectivity index (χ4n) is 3.32. The molecule has 27 heavy (non-hydrogen) atoms. The molecule has 0 bridgehead atoms. The molecule has 144 valence electrons. The molecule has 6 nitrogen and oxygen atoms in total. The smallest absolute Gasteiger partial charge is 0.252 e. The zero-order chi connectivity index (χ0) is 19.6. The number of ether oxygens (including phenoxy) is 1. The lowest BCUT2D eigenvalue weighted by Gasteiger charge is -2.24. The number of methoxy groups -OCH3 is 1. The summed E-state index contributed by atoms with van der Waals surface area (Å²) >= 11 is 0. The number of primary amides is 1. The number of hydrogen-bond donors (Lipinski definition) is 1. The van der Waals surface area contributed by atoms with Gasteiger partial charge in [-0.25, -0.2) is 8.78 Å². The van der Waals surface area contributed by atoms with E-state index in [1.165, 1.54) is 0 Å². The van der Waals surface area contributed by atoms with Crippen LogP contribution in [-0.2, 0) is 0 Å². The first-order valence-electron chi connectivity index (χ1n) is 8.76. The van der Waals surface area contributed by atoms with Crippen LogP contribution in [0.2, 0.25) is 0 Å². The van der Waals surface area contributed by atoms with Crippen molar-refractivity contribution in [1.29, 1.82) is 0 Å². The molecule has 3 rings (SSSR count). The number of rotatable bonds is 4. The SMILES string of the molecule is COc1ccc(-c2nnc(N3CCCC(F)(F)CC3)c(C(N)=O)c2C)cc1. The summed E-state index contributed by atoms with van der Waals surface area (Å²) in [4.78, 5) is 13.8. The molecule has 1 aromatic carbocycles. The van der Waals surface area contributed by atoms with Crippen molar-refractivity contribution in [2.75, 3.05) is 25.1 Å². The third-order valence-corrected chi connectivity index (χ3v) is 4.83. The molecule has 2 aromatic rings. The Kier molecular flexibility index (Phi) is 5.25. The van der Waals surface area contributed by atoms with Crippen LogP contribution in [0.3, 0.4) is 0 Å². The molecular weight excluding hydrogens is 354 g/mol. The third-order valence-electron chi connectivity index (χ3n) is 4.83. The highest BCUT2D eigenvalue weighted by Gasteiger charge is 2.33. The topological polar surface area (TPSA) is 81.3 Å². The molecule has 0 radical (unpaired) electrons. The van der Waals surface area contributed by atoms with Crippen LogP contribution in [0.1, 0.15) is 35.2 Å². The highest BCUT2D eigenvalue weighted by Crippen LogP contribution is 2.33. The number of alkyl halides is 2. The van der Waals surface area contributed by atoms with Gasteiger partial charge in [-0.05, 0) is 43.2 Å². The van der Waals surface area contributed by atoms with Crippen LogP contribution in [-0.4, -0.2) is 42.2 Å². The van der Waals surface area contributed by atoms with E-state index in [2.05, 4.69) is 10.2 Å². The number of amides is 1. The summed E-state index contributed by atoms with van der Waals surface area (Å²) in [6, 6.07) is 7.19. The van der Waals surface area contributed by atoms with E-state index in [0.717, 1.165) is 5.56 Å². The molecule has 1 amide bonds. The van der Waals surface area contributed by atoms with E-state index in [1.54, 1.807) is 31.1 Å². The standard InChI is InChI=1S/C19H22F2N4O2/c1-12-15(17(22)26)18(25-10-3-8-19(20,21)9-11-25)24-23-16(12)13-4-6-14(27-2)7-5-13/h4-7H,3,8-11H2,1-2H3,(H2,22,26). The molecule has 0 spiro atoms. The molecular formula is C19H22F2N4O2. The van der Waals surface area contributed by atoms with Gasteiger partial charge in [-0.2, -0.15) is 0 Å². The second kappa shape index (κ2) is 7.46.